The van der Waals surface area contributed by atoms with Gasteiger partial charge in [0.25, 0.3) is 0 Å². The molecule has 2 heterocycles. The van der Waals surface area contributed by atoms with Gasteiger partial charge in [-0.15, -0.1) is 0 Å². The molecule has 0 radical (unpaired) electrons. The van der Waals surface area contributed by atoms with E-state index >= 15 is 0 Å². The average Bonchev–Trinajstić information content (AvgIpc) is 2.48. The fraction of sp³-hybridized carbons (Fsp3) is 0.333. The van der Waals surface area contributed by atoms with E-state index in [0.717, 1.165) is 18.9 Å². The molecule has 104 valence electrons. The van der Waals surface area contributed by atoms with Crippen molar-refractivity contribution in [2.24, 2.45) is 0 Å². The Balaban J connectivity index is 1.82. The molecule has 0 spiro atoms. The van der Waals surface area contributed by atoms with Crippen LogP contribution in [0, 0.1) is 6.92 Å². The van der Waals surface area contributed by atoms with E-state index < -0.39 is 0 Å². The third-order valence-electron chi connectivity index (χ3n) is 3.52. The minimum Gasteiger partial charge on any atom is -0.370 e. The molecule has 1 aromatic carbocycles. The van der Waals surface area contributed by atoms with Gasteiger partial charge in [-0.1, -0.05) is 35.9 Å². The zero-order chi connectivity index (χ0) is 13.9. The molecule has 2 aromatic rings. The number of aromatic nitrogens is 2. The van der Waals surface area contributed by atoms with Crippen LogP contribution in [0.2, 0.25) is 5.15 Å². The molecule has 0 bridgehead atoms. The van der Waals surface area contributed by atoms with Crippen LogP contribution in [0.4, 0.5) is 5.82 Å². The lowest BCUT2D eigenvalue weighted by molar-refractivity contribution is 0.0391. The first-order valence-electron chi connectivity index (χ1n) is 6.63. The maximum Gasteiger partial charge on any atom is 0.149 e. The van der Waals surface area contributed by atoms with Crippen molar-refractivity contribution in [1.82, 2.24) is 9.97 Å². The highest BCUT2D eigenvalue weighted by atomic mass is 35.5. The second-order valence-corrected chi connectivity index (χ2v) is 5.25. The number of hydrogen-bond donors (Lipinski definition) is 0. The first-order chi connectivity index (χ1) is 9.74. The summed E-state index contributed by atoms with van der Waals surface area (Å²) in [6.07, 6.45) is 3.35. The van der Waals surface area contributed by atoms with Crippen LogP contribution in [-0.2, 0) is 4.74 Å². The van der Waals surface area contributed by atoms with E-state index in [1.165, 1.54) is 11.1 Å². The molecule has 1 aliphatic heterocycles. The number of hydrogen-bond acceptors (Lipinski definition) is 4. The van der Waals surface area contributed by atoms with Crippen molar-refractivity contribution < 1.29 is 4.74 Å². The lowest BCUT2D eigenvalue weighted by atomic mass is 10.0. The maximum atomic E-state index is 5.91. The molecule has 1 saturated heterocycles. The summed E-state index contributed by atoms with van der Waals surface area (Å²) >= 11 is 5.91. The second kappa shape index (κ2) is 5.77. The standard InChI is InChI=1S/C15H16ClN3O/c1-11-4-2-3-5-12(11)13-10-19(6-7-20-13)15-9-17-8-14(16)18-15/h2-5,8-9,13H,6-7,10H2,1H3. The van der Waals surface area contributed by atoms with Crippen LogP contribution in [0.5, 0.6) is 0 Å². The third-order valence-corrected chi connectivity index (χ3v) is 3.70. The highest BCUT2D eigenvalue weighted by molar-refractivity contribution is 6.29. The Kier molecular flexibility index (Phi) is 3.85. The molecule has 0 saturated carbocycles. The Morgan fingerprint density at radius 2 is 2.15 bits per heavy atom. The van der Waals surface area contributed by atoms with E-state index in [0.29, 0.717) is 11.8 Å². The predicted octanol–water partition coefficient (Wildman–Crippen LogP) is 3.02. The average molecular weight is 290 g/mol. The van der Waals surface area contributed by atoms with Crippen LogP contribution >= 0.6 is 11.6 Å². The van der Waals surface area contributed by atoms with E-state index in [1.807, 2.05) is 12.1 Å². The van der Waals surface area contributed by atoms with Crippen molar-refractivity contribution in [3.05, 3.63) is 52.9 Å². The first kappa shape index (κ1) is 13.3. The minimum atomic E-state index is 0.0609. The molecule has 4 nitrogen and oxygen atoms in total. The lowest BCUT2D eigenvalue weighted by Crippen LogP contribution is -2.39. The molecule has 20 heavy (non-hydrogen) atoms. The Bertz CT molecular complexity index is 605. The van der Waals surface area contributed by atoms with Gasteiger partial charge < -0.3 is 9.64 Å². The Morgan fingerprint density at radius 1 is 1.30 bits per heavy atom. The number of morpholine rings is 1. The van der Waals surface area contributed by atoms with Gasteiger partial charge in [0.05, 0.1) is 19.0 Å². The minimum absolute atomic E-state index is 0.0609. The van der Waals surface area contributed by atoms with Crippen molar-refractivity contribution in [2.45, 2.75) is 13.0 Å². The van der Waals surface area contributed by atoms with E-state index in [9.17, 15) is 0 Å². The fourth-order valence-corrected chi connectivity index (χ4v) is 2.62. The quantitative estimate of drug-likeness (QED) is 0.852. The van der Waals surface area contributed by atoms with E-state index in [2.05, 4.69) is 33.9 Å². The summed E-state index contributed by atoms with van der Waals surface area (Å²) in [4.78, 5) is 10.6. The number of aryl methyl sites for hydroxylation is 1. The van der Waals surface area contributed by atoms with Gasteiger partial charge in [-0.2, -0.15) is 0 Å². The Morgan fingerprint density at radius 3 is 2.95 bits per heavy atom. The van der Waals surface area contributed by atoms with Crippen LogP contribution in [0.25, 0.3) is 0 Å². The Hall–Kier alpha value is -1.65. The molecular weight excluding hydrogens is 274 g/mol. The van der Waals surface area contributed by atoms with Crippen LogP contribution < -0.4 is 4.90 Å². The van der Waals surface area contributed by atoms with Crippen LogP contribution in [0.15, 0.2) is 36.7 Å². The summed E-state index contributed by atoms with van der Waals surface area (Å²) < 4.78 is 5.90. The van der Waals surface area contributed by atoms with Gasteiger partial charge in [0.15, 0.2) is 0 Å². The molecule has 0 aliphatic carbocycles. The number of nitrogens with zero attached hydrogens (tertiary/aromatic N) is 3. The lowest BCUT2D eigenvalue weighted by Gasteiger charge is -2.34. The molecular formula is C15H16ClN3O. The number of benzene rings is 1. The van der Waals surface area contributed by atoms with Gasteiger partial charge in [0, 0.05) is 13.1 Å². The summed E-state index contributed by atoms with van der Waals surface area (Å²) in [6.45, 7) is 4.35. The zero-order valence-electron chi connectivity index (χ0n) is 11.3. The van der Waals surface area contributed by atoms with Gasteiger partial charge >= 0.3 is 0 Å². The van der Waals surface area contributed by atoms with Crippen LogP contribution in [0.3, 0.4) is 0 Å². The van der Waals surface area contributed by atoms with Crippen molar-refractivity contribution >= 4 is 17.4 Å². The molecule has 1 aliphatic rings. The van der Waals surface area contributed by atoms with E-state index in [-0.39, 0.29) is 6.10 Å². The topological polar surface area (TPSA) is 38.2 Å². The maximum absolute atomic E-state index is 5.91. The first-order valence-corrected chi connectivity index (χ1v) is 7.01. The molecule has 3 rings (SSSR count). The molecule has 0 N–H and O–H groups in total. The highest BCUT2D eigenvalue weighted by Gasteiger charge is 2.24. The normalized spacial score (nSPS) is 19.1. The Labute approximate surface area is 123 Å². The summed E-state index contributed by atoms with van der Waals surface area (Å²) in [7, 11) is 0. The second-order valence-electron chi connectivity index (χ2n) is 4.86. The molecule has 1 aromatic heterocycles. The van der Waals surface area contributed by atoms with Gasteiger partial charge in [-0.3, -0.25) is 4.98 Å². The molecule has 5 heteroatoms. The van der Waals surface area contributed by atoms with E-state index in [1.54, 1.807) is 12.4 Å². The zero-order valence-corrected chi connectivity index (χ0v) is 12.0. The van der Waals surface area contributed by atoms with E-state index in [4.69, 9.17) is 16.3 Å². The number of rotatable bonds is 2. The third kappa shape index (κ3) is 2.76. The number of anilines is 1. The monoisotopic (exact) mass is 289 g/mol. The SMILES string of the molecule is Cc1ccccc1C1CN(c2cncc(Cl)n2)CCO1. The van der Waals surface area contributed by atoms with Crippen LogP contribution in [0.1, 0.15) is 17.2 Å². The molecule has 1 unspecified atom stereocenters. The van der Waals surface area contributed by atoms with Gasteiger partial charge in [0.1, 0.15) is 17.1 Å². The van der Waals surface area contributed by atoms with Crippen molar-refractivity contribution in [2.75, 3.05) is 24.6 Å². The summed E-state index contributed by atoms with van der Waals surface area (Å²) in [5.41, 5.74) is 2.48. The summed E-state index contributed by atoms with van der Waals surface area (Å²) in [6, 6.07) is 8.32. The van der Waals surface area contributed by atoms with Crippen molar-refractivity contribution in [3.8, 4) is 0 Å². The summed E-state index contributed by atoms with van der Waals surface area (Å²) in [5, 5.41) is 0.418. The van der Waals surface area contributed by atoms with Crippen molar-refractivity contribution in [3.63, 3.8) is 0 Å². The smallest absolute Gasteiger partial charge is 0.149 e. The highest BCUT2D eigenvalue weighted by Crippen LogP contribution is 2.27. The van der Waals surface area contributed by atoms with Crippen molar-refractivity contribution in [1.29, 1.82) is 0 Å². The van der Waals surface area contributed by atoms with Crippen LogP contribution in [-0.4, -0.2) is 29.7 Å². The molecule has 1 atom stereocenters. The van der Waals surface area contributed by atoms with Gasteiger partial charge in [-0.05, 0) is 18.1 Å². The number of halogens is 1. The van der Waals surface area contributed by atoms with Gasteiger partial charge in [0.2, 0.25) is 0 Å². The largest absolute Gasteiger partial charge is 0.370 e. The molecule has 1 fully saturated rings. The fourth-order valence-electron chi connectivity index (χ4n) is 2.48. The van der Waals surface area contributed by atoms with Gasteiger partial charge in [-0.25, -0.2) is 4.98 Å². The number of ether oxygens (including phenoxy) is 1. The predicted molar refractivity (Wildman–Crippen MR) is 79.1 cm³/mol. The summed E-state index contributed by atoms with van der Waals surface area (Å²) in [5.74, 6) is 0.805. The molecule has 0 amide bonds.